The standard InChI is InChI=1S/C16H8O4/c1-2-9-4-3-5-11-14(17)12-8-10(16(18)19)6-7-13(12)20-15(9)11/h1,3-8H,(H,18,19). The maximum Gasteiger partial charge on any atom is 0.335 e. The SMILES string of the molecule is C#Cc1cccc2c(=O)c3cc(C(=O)O)ccc3oc12. The quantitative estimate of drug-likeness (QED) is 0.542. The average Bonchev–Trinajstić information content (AvgIpc) is 2.46. The molecule has 0 fully saturated rings. The monoisotopic (exact) mass is 264 g/mol. The molecule has 1 N–H and O–H groups in total. The summed E-state index contributed by atoms with van der Waals surface area (Å²) in [5, 5.41) is 9.54. The molecular weight excluding hydrogens is 256 g/mol. The maximum absolute atomic E-state index is 12.4. The van der Waals surface area contributed by atoms with Gasteiger partial charge >= 0.3 is 5.97 Å². The van der Waals surface area contributed by atoms with Gasteiger partial charge in [-0.3, -0.25) is 4.79 Å². The van der Waals surface area contributed by atoms with Gasteiger partial charge in [-0.15, -0.1) is 6.42 Å². The summed E-state index contributed by atoms with van der Waals surface area (Å²) in [7, 11) is 0. The fourth-order valence-corrected chi connectivity index (χ4v) is 2.12. The first kappa shape index (κ1) is 12.0. The van der Waals surface area contributed by atoms with Crippen LogP contribution >= 0.6 is 0 Å². The van der Waals surface area contributed by atoms with E-state index in [0.717, 1.165) is 0 Å². The molecule has 0 radical (unpaired) electrons. The third-order valence-electron chi connectivity index (χ3n) is 3.10. The van der Waals surface area contributed by atoms with Crippen LogP contribution in [0.3, 0.4) is 0 Å². The van der Waals surface area contributed by atoms with Gasteiger partial charge in [0.2, 0.25) is 5.43 Å². The zero-order chi connectivity index (χ0) is 14.3. The molecule has 3 rings (SSSR count). The number of terminal acetylenes is 1. The number of carboxylic acid groups (broad SMARTS) is 1. The van der Waals surface area contributed by atoms with Gasteiger partial charge in [0, 0.05) is 0 Å². The molecule has 0 saturated carbocycles. The van der Waals surface area contributed by atoms with Gasteiger partial charge < -0.3 is 9.52 Å². The summed E-state index contributed by atoms with van der Waals surface area (Å²) in [6.45, 7) is 0. The van der Waals surface area contributed by atoms with E-state index in [1.807, 2.05) is 0 Å². The van der Waals surface area contributed by atoms with Crippen LogP contribution in [0.5, 0.6) is 0 Å². The summed E-state index contributed by atoms with van der Waals surface area (Å²) in [6.07, 6.45) is 5.38. The van der Waals surface area contributed by atoms with Crippen LogP contribution in [-0.4, -0.2) is 11.1 Å². The van der Waals surface area contributed by atoms with E-state index in [2.05, 4.69) is 5.92 Å². The van der Waals surface area contributed by atoms with Crippen molar-refractivity contribution >= 4 is 27.9 Å². The lowest BCUT2D eigenvalue weighted by Crippen LogP contribution is -2.05. The highest BCUT2D eigenvalue weighted by Crippen LogP contribution is 2.22. The van der Waals surface area contributed by atoms with Crippen LogP contribution in [0.2, 0.25) is 0 Å². The lowest BCUT2D eigenvalue weighted by Gasteiger charge is -2.03. The van der Waals surface area contributed by atoms with Gasteiger partial charge in [-0.25, -0.2) is 4.79 Å². The lowest BCUT2D eigenvalue weighted by molar-refractivity contribution is 0.0697. The van der Waals surface area contributed by atoms with Crippen LogP contribution < -0.4 is 5.43 Å². The highest BCUT2D eigenvalue weighted by atomic mass is 16.4. The summed E-state index contributed by atoms with van der Waals surface area (Å²) in [5.74, 6) is 1.37. The van der Waals surface area contributed by atoms with Crippen LogP contribution in [0.1, 0.15) is 15.9 Å². The number of fused-ring (bicyclic) bond motifs is 2. The summed E-state index contributed by atoms with van der Waals surface area (Å²) >= 11 is 0. The second-order valence-electron chi connectivity index (χ2n) is 4.27. The summed E-state index contributed by atoms with van der Waals surface area (Å²) in [5.41, 5.74) is 0.897. The van der Waals surface area contributed by atoms with Crippen molar-refractivity contribution in [2.24, 2.45) is 0 Å². The molecule has 1 heterocycles. The number of benzene rings is 2. The van der Waals surface area contributed by atoms with E-state index in [9.17, 15) is 9.59 Å². The number of carbonyl (C=O) groups is 1. The number of aromatic carboxylic acids is 1. The molecule has 0 aliphatic carbocycles. The van der Waals surface area contributed by atoms with Gasteiger partial charge in [0.15, 0.2) is 5.58 Å². The molecule has 0 bridgehead atoms. The Morgan fingerprint density at radius 3 is 2.70 bits per heavy atom. The molecular formula is C16H8O4. The highest BCUT2D eigenvalue weighted by Gasteiger charge is 2.12. The molecule has 0 saturated heterocycles. The minimum absolute atomic E-state index is 0.0391. The number of hydrogen-bond acceptors (Lipinski definition) is 3. The molecule has 0 aliphatic heterocycles. The largest absolute Gasteiger partial charge is 0.478 e. The molecule has 0 atom stereocenters. The molecule has 0 amide bonds. The van der Waals surface area contributed by atoms with E-state index in [-0.39, 0.29) is 16.4 Å². The molecule has 96 valence electrons. The van der Waals surface area contributed by atoms with Crippen LogP contribution in [-0.2, 0) is 0 Å². The molecule has 4 heteroatoms. The van der Waals surface area contributed by atoms with Gasteiger partial charge in [0.25, 0.3) is 0 Å². The average molecular weight is 264 g/mol. The van der Waals surface area contributed by atoms with E-state index in [1.165, 1.54) is 18.2 Å². The van der Waals surface area contributed by atoms with Gasteiger partial charge in [-0.1, -0.05) is 12.0 Å². The van der Waals surface area contributed by atoms with Crippen molar-refractivity contribution in [2.45, 2.75) is 0 Å². The molecule has 0 aliphatic rings. The van der Waals surface area contributed by atoms with Crippen molar-refractivity contribution in [1.29, 1.82) is 0 Å². The van der Waals surface area contributed by atoms with E-state index in [1.54, 1.807) is 18.2 Å². The van der Waals surface area contributed by atoms with Crippen molar-refractivity contribution < 1.29 is 14.3 Å². The fraction of sp³-hybridized carbons (Fsp3) is 0. The van der Waals surface area contributed by atoms with Crippen molar-refractivity contribution in [1.82, 2.24) is 0 Å². The molecule has 3 aromatic rings. The topological polar surface area (TPSA) is 67.5 Å². The third-order valence-corrected chi connectivity index (χ3v) is 3.10. The molecule has 1 aromatic heterocycles. The fourth-order valence-electron chi connectivity index (χ4n) is 2.12. The number of para-hydroxylation sites is 1. The Morgan fingerprint density at radius 1 is 1.20 bits per heavy atom. The maximum atomic E-state index is 12.4. The van der Waals surface area contributed by atoms with Crippen LogP contribution in [0.4, 0.5) is 0 Å². The molecule has 4 nitrogen and oxygen atoms in total. The first-order chi connectivity index (χ1) is 9.61. The van der Waals surface area contributed by atoms with Crippen molar-refractivity contribution in [2.75, 3.05) is 0 Å². The summed E-state index contributed by atoms with van der Waals surface area (Å²) in [4.78, 5) is 23.4. The normalized spacial score (nSPS) is 10.6. The predicted molar refractivity (Wildman–Crippen MR) is 74.9 cm³/mol. The summed E-state index contributed by atoms with van der Waals surface area (Å²) < 4.78 is 5.65. The van der Waals surface area contributed by atoms with Crippen molar-refractivity contribution in [3.63, 3.8) is 0 Å². The van der Waals surface area contributed by atoms with Gasteiger partial charge in [-0.2, -0.15) is 0 Å². The lowest BCUT2D eigenvalue weighted by atomic mass is 10.1. The van der Waals surface area contributed by atoms with Crippen LogP contribution in [0, 0.1) is 12.3 Å². The second kappa shape index (κ2) is 4.25. The minimum atomic E-state index is -1.09. The van der Waals surface area contributed by atoms with Crippen molar-refractivity contribution in [3.05, 3.63) is 57.7 Å². The Kier molecular flexibility index (Phi) is 2.55. The summed E-state index contributed by atoms with van der Waals surface area (Å²) in [6, 6.07) is 9.12. The Hall–Kier alpha value is -3.06. The Bertz CT molecular complexity index is 958. The molecule has 0 spiro atoms. The van der Waals surface area contributed by atoms with Gasteiger partial charge in [0.1, 0.15) is 5.58 Å². The predicted octanol–water partition coefficient (Wildman–Crippen LogP) is 2.63. The molecule has 20 heavy (non-hydrogen) atoms. The highest BCUT2D eigenvalue weighted by molar-refractivity contribution is 5.96. The Balaban J connectivity index is 2.51. The first-order valence-electron chi connectivity index (χ1n) is 5.81. The third kappa shape index (κ3) is 1.65. The van der Waals surface area contributed by atoms with Crippen molar-refractivity contribution in [3.8, 4) is 12.3 Å². The van der Waals surface area contributed by atoms with E-state index >= 15 is 0 Å². The number of hydrogen-bond donors (Lipinski definition) is 1. The molecule has 2 aromatic carbocycles. The van der Waals surface area contributed by atoms with E-state index < -0.39 is 5.97 Å². The Labute approximate surface area is 113 Å². The minimum Gasteiger partial charge on any atom is -0.478 e. The van der Waals surface area contributed by atoms with Gasteiger partial charge in [0.05, 0.1) is 21.9 Å². The second-order valence-corrected chi connectivity index (χ2v) is 4.27. The first-order valence-corrected chi connectivity index (χ1v) is 5.81. The zero-order valence-electron chi connectivity index (χ0n) is 10.2. The van der Waals surface area contributed by atoms with E-state index in [4.69, 9.17) is 15.9 Å². The zero-order valence-corrected chi connectivity index (χ0v) is 10.2. The van der Waals surface area contributed by atoms with E-state index in [0.29, 0.717) is 22.1 Å². The van der Waals surface area contributed by atoms with Crippen LogP contribution in [0.25, 0.3) is 21.9 Å². The molecule has 0 unspecified atom stereocenters. The number of rotatable bonds is 1. The number of carboxylic acids is 1. The van der Waals surface area contributed by atoms with Gasteiger partial charge in [-0.05, 0) is 30.3 Å². The Morgan fingerprint density at radius 2 is 2.00 bits per heavy atom. The van der Waals surface area contributed by atoms with Crippen LogP contribution in [0.15, 0.2) is 45.6 Å². The smallest absolute Gasteiger partial charge is 0.335 e.